The molecule has 1 fully saturated rings. The van der Waals surface area contributed by atoms with E-state index in [1.54, 1.807) is 24.3 Å². The number of amides is 3. The lowest BCUT2D eigenvalue weighted by molar-refractivity contribution is -0.143. The number of nitrogens with zero attached hydrogens (tertiary/aromatic N) is 1. The molecule has 3 rings (SSSR count). The molecule has 2 aromatic rings. The van der Waals surface area contributed by atoms with Gasteiger partial charge in [0.05, 0.1) is 6.54 Å². The third kappa shape index (κ3) is 3.47. The van der Waals surface area contributed by atoms with Crippen LogP contribution in [0.25, 0.3) is 0 Å². The molecule has 2 aromatic carbocycles. The van der Waals surface area contributed by atoms with Crippen LogP contribution in [-0.4, -0.2) is 28.4 Å². The number of ketones is 1. The highest BCUT2D eigenvalue weighted by Gasteiger charge is 2.50. The Balaban J connectivity index is 1.69. The first-order chi connectivity index (χ1) is 12.1. The molecule has 1 aliphatic heterocycles. The molecule has 1 aliphatic rings. The maximum absolute atomic E-state index is 12.4. The number of benzene rings is 2. The second kappa shape index (κ2) is 7.09. The number of hydrogen-bond donors (Lipinski definition) is 1. The van der Waals surface area contributed by atoms with Gasteiger partial charge in [0, 0.05) is 6.54 Å². The van der Waals surface area contributed by atoms with Crippen molar-refractivity contribution in [3.05, 3.63) is 71.8 Å². The van der Waals surface area contributed by atoms with Crippen LogP contribution in [0.5, 0.6) is 0 Å². The fourth-order valence-electron chi connectivity index (χ4n) is 2.66. The molecule has 1 unspecified atom stereocenters. The summed E-state index contributed by atoms with van der Waals surface area (Å²) in [6.45, 7) is 0.163. The zero-order valence-corrected chi connectivity index (χ0v) is 13.3. The monoisotopic (exact) mass is 336 g/mol. The van der Waals surface area contributed by atoms with Crippen LogP contribution in [0.3, 0.4) is 0 Å². The standard InChI is InChI=1S/C19H16N2O4/c22-16-15(17(23)20-11-13-7-3-1-4-8-13)18(24)21(19(16)25)12-14-9-5-2-6-10-14/h1-10,15H,11-12H2,(H,20,23). The minimum absolute atomic E-state index is 0.0211. The first-order valence-electron chi connectivity index (χ1n) is 7.83. The van der Waals surface area contributed by atoms with Crippen LogP contribution >= 0.6 is 0 Å². The van der Waals surface area contributed by atoms with E-state index < -0.39 is 29.4 Å². The molecule has 1 N–H and O–H groups in total. The number of nitrogens with one attached hydrogen (secondary N) is 1. The number of rotatable bonds is 5. The Morgan fingerprint density at radius 2 is 1.44 bits per heavy atom. The van der Waals surface area contributed by atoms with Gasteiger partial charge in [-0.3, -0.25) is 24.1 Å². The minimum atomic E-state index is -1.60. The zero-order chi connectivity index (χ0) is 17.8. The molecule has 1 atom stereocenters. The molecule has 6 nitrogen and oxygen atoms in total. The SMILES string of the molecule is O=C(NCc1ccccc1)C1C(=O)C(=O)N(Cc2ccccc2)C1=O. The highest BCUT2D eigenvalue weighted by molar-refractivity contribution is 6.52. The van der Waals surface area contributed by atoms with Gasteiger partial charge in [-0.2, -0.15) is 0 Å². The summed E-state index contributed by atoms with van der Waals surface area (Å²) >= 11 is 0. The highest BCUT2D eigenvalue weighted by atomic mass is 16.2. The normalized spacial score (nSPS) is 17.0. The average Bonchev–Trinajstić information content (AvgIpc) is 2.85. The quantitative estimate of drug-likeness (QED) is 0.503. The van der Waals surface area contributed by atoms with Gasteiger partial charge in [0.2, 0.25) is 11.7 Å². The summed E-state index contributed by atoms with van der Waals surface area (Å²) in [5, 5.41) is 2.55. The van der Waals surface area contributed by atoms with Crippen LogP contribution in [0.2, 0.25) is 0 Å². The number of imide groups is 1. The molecule has 0 aliphatic carbocycles. The van der Waals surface area contributed by atoms with E-state index in [1.165, 1.54) is 0 Å². The predicted octanol–water partition coefficient (Wildman–Crippen LogP) is 1.06. The fraction of sp³-hybridized carbons (Fsp3) is 0.158. The molecule has 1 heterocycles. The third-order valence-electron chi connectivity index (χ3n) is 3.99. The van der Waals surface area contributed by atoms with E-state index in [1.807, 2.05) is 36.4 Å². The van der Waals surface area contributed by atoms with Crippen LogP contribution in [0.4, 0.5) is 0 Å². The Morgan fingerprint density at radius 1 is 0.880 bits per heavy atom. The van der Waals surface area contributed by atoms with E-state index in [0.717, 1.165) is 10.5 Å². The summed E-state index contributed by atoms with van der Waals surface area (Å²) < 4.78 is 0. The van der Waals surface area contributed by atoms with Crippen molar-refractivity contribution in [1.29, 1.82) is 0 Å². The highest BCUT2D eigenvalue weighted by Crippen LogP contribution is 2.19. The summed E-state index contributed by atoms with van der Waals surface area (Å²) in [6.07, 6.45) is 0. The van der Waals surface area contributed by atoms with E-state index in [2.05, 4.69) is 5.32 Å². The number of carbonyl (C=O) groups is 4. The van der Waals surface area contributed by atoms with Crippen molar-refractivity contribution in [2.24, 2.45) is 5.92 Å². The van der Waals surface area contributed by atoms with Gasteiger partial charge >= 0.3 is 0 Å². The molecule has 0 radical (unpaired) electrons. The van der Waals surface area contributed by atoms with E-state index in [4.69, 9.17) is 0 Å². The van der Waals surface area contributed by atoms with Gasteiger partial charge in [-0.05, 0) is 11.1 Å². The van der Waals surface area contributed by atoms with Crippen LogP contribution in [0.1, 0.15) is 11.1 Å². The largest absolute Gasteiger partial charge is 0.351 e. The molecule has 0 bridgehead atoms. The summed E-state index contributed by atoms with van der Waals surface area (Å²) in [5.41, 5.74) is 1.54. The van der Waals surface area contributed by atoms with Gasteiger partial charge in [-0.25, -0.2) is 0 Å². The molecular weight excluding hydrogens is 320 g/mol. The van der Waals surface area contributed by atoms with E-state index in [0.29, 0.717) is 5.56 Å². The Kier molecular flexibility index (Phi) is 4.70. The number of likely N-dealkylation sites (tertiary alicyclic amines) is 1. The molecule has 3 amide bonds. The smallest absolute Gasteiger partial charge is 0.298 e. The summed E-state index contributed by atoms with van der Waals surface area (Å²) in [5.74, 6) is -5.03. The lowest BCUT2D eigenvalue weighted by Gasteiger charge is -2.14. The predicted molar refractivity (Wildman–Crippen MR) is 88.8 cm³/mol. The van der Waals surface area contributed by atoms with Crippen molar-refractivity contribution < 1.29 is 19.2 Å². The molecule has 0 saturated carbocycles. The van der Waals surface area contributed by atoms with Gasteiger partial charge in [-0.1, -0.05) is 60.7 Å². The maximum Gasteiger partial charge on any atom is 0.298 e. The summed E-state index contributed by atoms with van der Waals surface area (Å²) in [6, 6.07) is 17.9. The van der Waals surface area contributed by atoms with Gasteiger partial charge < -0.3 is 5.32 Å². The van der Waals surface area contributed by atoms with Crippen LogP contribution in [0.15, 0.2) is 60.7 Å². The van der Waals surface area contributed by atoms with E-state index >= 15 is 0 Å². The fourth-order valence-corrected chi connectivity index (χ4v) is 2.66. The number of carbonyl (C=O) groups excluding carboxylic acids is 4. The van der Waals surface area contributed by atoms with Crippen LogP contribution in [0, 0.1) is 5.92 Å². The molecular formula is C19H16N2O4. The molecule has 0 aromatic heterocycles. The lowest BCUT2D eigenvalue weighted by atomic mass is 10.1. The van der Waals surface area contributed by atoms with Gasteiger partial charge in [0.1, 0.15) is 0 Å². The van der Waals surface area contributed by atoms with Crippen molar-refractivity contribution in [3.8, 4) is 0 Å². The Hall–Kier alpha value is -3.28. The van der Waals surface area contributed by atoms with Gasteiger partial charge in [-0.15, -0.1) is 0 Å². The molecule has 6 heteroatoms. The molecule has 126 valence electrons. The average molecular weight is 336 g/mol. The number of Topliss-reactive ketones (excluding diaryl/α,β-unsaturated/α-hetero) is 1. The maximum atomic E-state index is 12.4. The zero-order valence-electron chi connectivity index (χ0n) is 13.3. The van der Waals surface area contributed by atoms with Crippen molar-refractivity contribution in [2.45, 2.75) is 13.1 Å². The van der Waals surface area contributed by atoms with Crippen molar-refractivity contribution in [1.82, 2.24) is 10.2 Å². The third-order valence-corrected chi connectivity index (χ3v) is 3.99. The first-order valence-corrected chi connectivity index (χ1v) is 7.83. The van der Waals surface area contributed by atoms with E-state index in [9.17, 15) is 19.2 Å². The molecule has 0 spiro atoms. The van der Waals surface area contributed by atoms with Crippen molar-refractivity contribution in [2.75, 3.05) is 0 Å². The summed E-state index contributed by atoms with van der Waals surface area (Å²) in [4.78, 5) is 49.7. The Morgan fingerprint density at radius 3 is 2.04 bits per heavy atom. The topological polar surface area (TPSA) is 83.6 Å². The summed E-state index contributed by atoms with van der Waals surface area (Å²) in [7, 11) is 0. The van der Waals surface area contributed by atoms with Crippen LogP contribution < -0.4 is 5.32 Å². The van der Waals surface area contributed by atoms with Crippen LogP contribution in [-0.2, 0) is 32.3 Å². The Labute approximate surface area is 144 Å². The van der Waals surface area contributed by atoms with E-state index in [-0.39, 0.29) is 13.1 Å². The first kappa shape index (κ1) is 16.6. The van der Waals surface area contributed by atoms with Crippen molar-refractivity contribution >= 4 is 23.5 Å². The molecule has 1 saturated heterocycles. The molecule has 25 heavy (non-hydrogen) atoms. The minimum Gasteiger partial charge on any atom is -0.351 e. The van der Waals surface area contributed by atoms with Crippen molar-refractivity contribution in [3.63, 3.8) is 0 Å². The second-order valence-corrected chi connectivity index (χ2v) is 5.72. The lowest BCUT2D eigenvalue weighted by Crippen LogP contribution is -2.38. The van der Waals surface area contributed by atoms with Gasteiger partial charge in [0.25, 0.3) is 11.8 Å². The Bertz CT molecular complexity index is 818. The van der Waals surface area contributed by atoms with Gasteiger partial charge in [0.15, 0.2) is 5.92 Å². The second-order valence-electron chi connectivity index (χ2n) is 5.72. The number of hydrogen-bond acceptors (Lipinski definition) is 4.